The fourth-order valence-corrected chi connectivity index (χ4v) is 1.54. The molecule has 0 aliphatic carbocycles. The minimum atomic E-state index is -0.257. The summed E-state index contributed by atoms with van der Waals surface area (Å²) in [7, 11) is 0. The maximum Gasteiger partial charge on any atom is 0.123 e. The topological polar surface area (TPSA) is 33.1 Å². The molecule has 1 heterocycles. The van der Waals surface area contributed by atoms with Crippen LogP contribution in [0.25, 0.3) is 11.3 Å². The third-order valence-electron chi connectivity index (χ3n) is 2.51. The molecule has 16 heavy (non-hydrogen) atoms. The van der Waals surface area contributed by atoms with Crippen molar-refractivity contribution in [3.8, 4) is 11.3 Å². The van der Waals surface area contributed by atoms with Gasteiger partial charge in [-0.05, 0) is 42.8 Å². The molecule has 2 nitrogen and oxygen atoms in total. The van der Waals surface area contributed by atoms with Gasteiger partial charge < -0.3 is 5.11 Å². The number of hydrogen-bond acceptors (Lipinski definition) is 2. The summed E-state index contributed by atoms with van der Waals surface area (Å²) in [5.74, 6) is -0.257. The molecule has 0 bridgehead atoms. The molecule has 0 saturated carbocycles. The van der Waals surface area contributed by atoms with E-state index in [-0.39, 0.29) is 12.4 Å². The van der Waals surface area contributed by atoms with E-state index in [1.807, 2.05) is 19.1 Å². The number of benzene rings is 1. The lowest BCUT2D eigenvalue weighted by Gasteiger charge is -2.05. The highest BCUT2D eigenvalue weighted by molar-refractivity contribution is 5.59. The van der Waals surface area contributed by atoms with E-state index in [2.05, 4.69) is 4.98 Å². The van der Waals surface area contributed by atoms with E-state index in [1.54, 1.807) is 12.1 Å². The SMILES string of the molecule is Cc1nc(-c2ccc(F)cc2)ccc1CO. The molecular formula is C13H12FNO. The van der Waals surface area contributed by atoms with Crippen molar-refractivity contribution in [2.45, 2.75) is 13.5 Å². The number of rotatable bonds is 2. The summed E-state index contributed by atoms with van der Waals surface area (Å²) >= 11 is 0. The van der Waals surface area contributed by atoms with Crippen molar-refractivity contribution in [1.82, 2.24) is 4.98 Å². The standard InChI is InChI=1S/C13H12FNO/c1-9-11(8-16)4-7-13(15-9)10-2-5-12(14)6-3-10/h2-7,16H,8H2,1H3. The Morgan fingerprint density at radius 1 is 1.12 bits per heavy atom. The normalized spacial score (nSPS) is 10.4. The average molecular weight is 217 g/mol. The third-order valence-corrected chi connectivity index (χ3v) is 2.51. The predicted octanol–water partition coefficient (Wildman–Crippen LogP) is 2.69. The molecular weight excluding hydrogens is 205 g/mol. The first-order chi connectivity index (χ1) is 7.70. The molecule has 1 N–H and O–H groups in total. The molecule has 0 amide bonds. The molecule has 0 atom stereocenters. The van der Waals surface area contributed by atoms with Crippen LogP contribution in [0, 0.1) is 12.7 Å². The summed E-state index contributed by atoms with van der Waals surface area (Å²) in [4.78, 5) is 4.36. The Kier molecular flexibility index (Phi) is 2.97. The van der Waals surface area contributed by atoms with E-state index >= 15 is 0 Å². The van der Waals surface area contributed by atoms with Crippen molar-refractivity contribution in [3.05, 3.63) is 53.5 Å². The summed E-state index contributed by atoms with van der Waals surface area (Å²) in [6.45, 7) is 1.83. The molecule has 3 heteroatoms. The highest BCUT2D eigenvalue weighted by atomic mass is 19.1. The Morgan fingerprint density at radius 3 is 2.38 bits per heavy atom. The van der Waals surface area contributed by atoms with Crippen molar-refractivity contribution >= 4 is 0 Å². The molecule has 2 aromatic rings. The van der Waals surface area contributed by atoms with E-state index in [0.717, 1.165) is 22.5 Å². The number of pyridine rings is 1. The number of aromatic nitrogens is 1. The van der Waals surface area contributed by atoms with Gasteiger partial charge in [0.15, 0.2) is 0 Å². The minimum Gasteiger partial charge on any atom is -0.392 e. The van der Waals surface area contributed by atoms with Crippen LogP contribution in [0.4, 0.5) is 4.39 Å². The maximum atomic E-state index is 12.7. The van der Waals surface area contributed by atoms with Gasteiger partial charge in [0.05, 0.1) is 12.3 Å². The Balaban J connectivity index is 2.41. The van der Waals surface area contributed by atoms with Gasteiger partial charge in [0, 0.05) is 11.3 Å². The number of halogens is 1. The molecule has 0 radical (unpaired) electrons. The molecule has 0 fully saturated rings. The number of aliphatic hydroxyl groups is 1. The van der Waals surface area contributed by atoms with Crippen LogP contribution in [-0.2, 0) is 6.61 Å². The molecule has 0 saturated heterocycles. The lowest BCUT2D eigenvalue weighted by Crippen LogP contribution is -1.94. The third kappa shape index (κ3) is 2.09. The Bertz CT molecular complexity index is 494. The van der Waals surface area contributed by atoms with E-state index in [1.165, 1.54) is 12.1 Å². The summed E-state index contributed by atoms with van der Waals surface area (Å²) < 4.78 is 12.7. The summed E-state index contributed by atoms with van der Waals surface area (Å²) in [6, 6.07) is 9.86. The number of aliphatic hydroxyl groups excluding tert-OH is 1. The van der Waals surface area contributed by atoms with E-state index < -0.39 is 0 Å². The van der Waals surface area contributed by atoms with Gasteiger partial charge in [0.2, 0.25) is 0 Å². The number of hydrogen-bond donors (Lipinski definition) is 1. The number of nitrogens with zero attached hydrogens (tertiary/aromatic N) is 1. The highest BCUT2D eigenvalue weighted by Crippen LogP contribution is 2.19. The molecule has 0 aliphatic rings. The van der Waals surface area contributed by atoms with Crippen LogP contribution >= 0.6 is 0 Å². The second-order valence-corrected chi connectivity index (χ2v) is 3.61. The van der Waals surface area contributed by atoms with Crippen LogP contribution in [0.2, 0.25) is 0 Å². The van der Waals surface area contributed by atoms with Crippen LogP contribution in [0.15, 0.2) is 36.4 Å². The molecule has 1 aromatic heterocycles. The van der Waals surface area contributed by atoms with Crippen molar-refractivity contribution in [3.63, 3.8) is 0 Å². The van der Waals surface area contributed by atoms with Gasteiger partial charge in [-0.25, -0.2) is 4.39 Å². The van der Waals surface area contributed by atoms with Crippen LogP contribution < -0.4 is 0 Å². The van der Waals surface area contributed by atoms with Crippen LogP contribution in [-0.4, -0.2) is 10.1 Å². The quantitative estimate of drug-likeness (QED) is 0.839. The fourth-order valence-electron chi connectivity index (χ4n) is 1.54. The minimum absolute atomic E-state index is 0.0114. The molecule has 1 aromatic carbocycles. The fraction of sp³-hybridized carbons (Fsp3) is 0.154. The largest absolute Gasteiger partial charge is 0.392 e. The number of aryl methyl sites for hydroxylation is 1. The van der Waals surface area contributed by atoms with Crippen LogP contribution in [0.3, 0.4) is 0 Å². The zero-order chi connectivity index (χ0) is 11.5. The van der Waals surface area contributed by atoms with Crippen molar-refractivity contribution in [2.24, 2.45) is 0 Å². The molecule has 82 valence electrons. The first-order valence-electron chi connectivity index (χ1n) is 5.04. The molecule has 0 aliphatic heterocycles. The highest BCUT2D eigenvalue weighted by Gasteiger charge is 2.03. The molecule has 0 spiro atoms. The first kappa shape index (κ1) is 10.8. The van der Waals surface area contributed by atoms with Crippen molar-refractivity contribution in [1.29, 1.82) is 0 Å². The Hall–Kier alpha value is -1.74. The first-order valence-corrected chi connectivity index (χ1v) is 5.04. The van der Waals surface area contributed by atoms with Gasteiger partial charge in [0.1, 0.15) is 5.82 Å². The Morgan fingerprint density at radius 2 is 1.81 bits per heavy atom. The van der Waals surface area contributed by atoms with E-state index in [9.17, 15) is 4.39 Å². The second kappa shape index (κ2) is 4.41. The molecule has 0 unspecified atom stereocenters. The molecule has 2 rings (SSSR count). The monoisotopic (exact) mass is 217 g/mol. The van der Waals surface area contributed by atoms with E-state index in [4.69, 9.17) is 5.11 Å². The van der Waals surface area contributed by atoms with Gasteiger partial charge >= 0.3 is 0 Å². The predicted molar refractivity (Wildman–Crippen MR) is 60.3 cm³/mol. The summed E-state index contributed by atoms with van der Waals surface area (Å²) in [5, 5.41) is 9.03. The van der Waals surface area contributed by atoms with Gasteiger partial charge in [-0.2, -0.15) is 0 Å². The van der Waals surface area contributed by atoms with Gasteiger partial charge in [-0.15, -0.1) is 0 Å². The van der Waals surface area contributed by atoms with E-state index in [0.29, 0.717) is 0 Å². The maximum absolute atomic E-state index is 12.7. The smallest absolute Gasteiger partial charge is 0.123 e. The zero-order valence-corrected chi connectivity index (χ0v) is 8.94. The lowest BCUT2D eigenvalue weighted by molar-refractivity contribution is 0.280. The lowest BCUT2D eigenvalue weighted by atomic mass is 10.1. The average Bonchev–Trinajstić information content (AvgIpc) is 2.30. The van der Waals surface area contributed by atoms with Crippen molar-refractivity contribution < 1.29 is 9.50 Å². The zero-order valence-electron chi connectivity index (χ0n) is 8.94. The summed E-state index contributed by atoms with van der Waals surface area (Å²) in [6.07, 6.45) is 0. The van der Waals surface area contributed by atoms with Crippen LogP contribution in [0.5, 0.6) is 0 Å². The Labute approximate surface area is 93.4 Å². The van der Waals surface area contributed by atoms with Crippen LogP contribution in [0.1, 0.15) is 11.3 Å². The van der Waals surface area contributed by atoms with Gasteiger partial charge in [-0.1, -0.05) is 6.07 Å². The van der Waals surface area contributed by atoms with Gasteiger partial charge in [0.25, 0.3) is 0 Å². The van der Waals surface area contributed by atoms with Crippen molar-refractivity contribution in [2.75, 3.05) is 0 Å². The summed E-state index contributed by atoms with van der Waals surface area (Å²) in [5.41, 5.74) is 3.26. The van der Waals surface area contributed by atoms with Gasteiger partial charge in [-0.3, -0.25) is 4.98 Å². The second-order valence-electron chi connectivity index (χ2n) is 3.61.